The minimum Gasteiger partial charge on any atom is -0.478 e. The third-order valence-electron chi connectivity index (χ3n) is 2.74. The molecule has 1 aromatic carbocycles. The summed E-state index contributed by atoms with van der Waals surface area (Å²) in [7, 11) is -3.49. The number of benzene rings is 1. The van der Waals surface area contributed by atoms with E-state index in [0.29, 0.717) is 18.4 Å². The maximum atomic E-state index is 11.8. The Morgan fingerprint density at radius 3 is 2.56 bits per heavy atom. The van der Waals surface area contributed by atoms with Gasteiger partial charge in [0.25, 0.3) is 0 Å². The van der Waals surface area contributed by atoms with E-state index in [2.05, 4.69) is 4.72 Å². The standard InChI is InChI=1S/C11H12ClNO4S/c1-6-4-7(12)5-9(11(14)15)10(6)13-18(16,17)8-2-3-8/h4-5,8,13H,2-3H2,1H3,(H,14,15). The summed E-state index contributed by atoms with van der Waals surface area (Å²) in [5.74, 6) is -1.21. The molecule has 98 valence electrons. The minimum atomic E-state index is -3.49. The number of carboxylic acids is 1. The van der Waals surface area contributed by atoms with Gasteiger partial charge in [-0.15, -0.1) is 0 Å². The maximum absolute atomic E-state index is 11.8. The topological polar surface area (TPSA) is 83.5 Å². The second-order valence-electron chi connectivity index (χ2n) is 4.30. The summed E-state index contributed by atoms with van der Waals surface area (Å²) in [4.78, 5) is 11.1. The summed E-state index contributed by atoms with van der Waals surface area (Å²) in [6.07, 6.45) is 1.23. The number of hydrogen-bond acceptors (Lipinski definition) is 3. The second kappa shape index (κ2) is 4.44. The molecule has 0 bridgehead atoms. The Labute approximate surface area is 110 Å². The normalized spacial score (nSPS) is 15.4. The van der Waals surface area contributed by atoms with Crippen molar-refractivity contribution in [3.63, 3.8) is 0 Å². The molecule has 2 N–H and O–H groups in total. The second-order valence-corrected chi connectivity index (χ2v) is 6.69. The number of aryl methyl sites for hydroxylation is 1. The quantitative estimate of drug-likeness (QED) is 0.890. The van der Waals surface area contributed by atoms with Gasteiger partial charge in [-0.2, -0.15) is 0 Å². The van der Waals surface area contributed by atoms with Crippen LogP contribution in [0.3, 0.4) is 0 Å². The van der Waals surface area contributed by atoms with Crippen molar-refractivity contribution in [3.8, 4) is 0 Å². The molecule has 1 aliphatic rings. The molecule has 1 aromatic rings. The lowest BCUT2D eigenvalue weighted by Gasteiger charge is -2.13. The highest BCUT2D eigenvalue weighted by molar-refractivity contribution is 7.93. The maximum Gasteiger partial charge on any atom is 0.337 e. The SMILES string of the molecule is Cc1cc(Cl)cc(C(=O)O)c1NS(=O)(=O)C1CC1. The van der Waals surface area contributed by atoms with Crippen molar-refractivity contribution in [2.75, 3.05) is 4.72 Å². The summed E-state index contributed by atoms with van der Waals surface area (Å²) in [5.41, 5.74) is 0.451. The molecule has 0 heterocycles. The number of carbonyl (C=O) groups is 1. The van der Waals surface area contributed by atoms with Gasteiger partial charge >= 0.3 is 5.97 Å². The summed E-state index contributed by atoms with van der Waals surface area (Å²) in [6, 6.07) is 2.76. The predicted molar refractivity (Wildman–Crippen MR) is 68.7 cm³/mol. The zero-order valence-electron chi connectivity index (χ0n) is 9.60. The van der Waals surface area contributed by atoms with Gasteiger partial charge in [0, 0.05) is 5.02 Å². The zero-order valence-corrected chi connectivity index (χ0v) is 11.2. The largest absolute Gasteiger partial charge is 0.478 e. The van der Waals surface area contributed by atoms with Gasteiger partial charge in [-0.25, -0.2) is 13.2 Å². The molecule has 0 radical (unpaired) electrons. The molecule has 1 saturated carbocycles. The van der Waals surface area contributed by atoms with Crippen LogP contribution < -0.4 is 4.72 Å². The minimum absolute atomic E-state index is 0.0961. The van der Waals surface area contributed by atoms with Crippen LogP contribution in [0.1, 0.15) is 28.8 Å². The van der Waals surface area contributed by atoms with Crippen molar-refractivity contribution in [1.29, 1.82) is 0 Å². The Balaban J connectivity index is 2.46. The monoisotopic (exact) mass is 289 g/mol. The van der Waals surface area contributed by atoms with Crippen molar-refractivity contribution in [2.45, 2.75) is 25.0 Å². The summed E-state index contributed by atoms with van der Waals surface area (Å²) in [6.45, 7) is 1.61. The van der Waals surface area contributed by atoms with E-state index < -0.39 is 21.2 Å². The van der Waals surface area contributed by atoms with Crippen LogP contribution in [0.5, 0.6) is 0 Å². The van der Waals surface area contributed by atoms with Gasteiger partial charge in [-0.1, -0.05) is 11.6 Å². The molecule has 7 heteroatoms. The smallest absolute Gasteiger partial charge is 0.337 e. The van der Waals surface area contributed by atoms with Gasteiger partial charge in [0.2, 0.25) is 10.0 Å². The molecule has 0 spiro atoms. The van der Waals surface area contributed by atoms with Crippen molar-refractivity contribution in [2.24, 2.45) is 0 Å². The molecule has 1 aliphatic carbocycles. The third-order valence-corrected chi connectivity index (χ3v) is 4.79. The summed E-state index contributed by atoms with van der Waals surface area (Å²) >= 11 is 5.77. The highest BCUT2D eigenvalue weighted by Crippen LogP contribution is 2.32. The number of hydrogen-bond donors (Lipinski definition) is 2. The van der Waals surface area contributed by atoms with Crippen LogP contribution in [0, 0.1) is 6.92 Å². The summed E-state index contributed by atoms with van der Waals surface area (Å²) in [5, 5.41) is 8.93. The number of halogens is 1. The zero-order chi connectivity index (χ0) is 13.5. The average molecular weight is 290 g/mol. The molecule has 18 heavy (non-hydrogen) atoms. The van der Waals surface area contributed by atoms with Gasteiger partial charge < -0.3 is 5.11 Å². The van der Waals surface area contributed by atoms with Gasteiger partial charge in [0.15, 0.2) is 0 Å². The van der Waals surface area contributed by atoms with Gasteiger partial charge in [-0.3, -0.25) is 4.72 Å². The number of nitrogens with one attached hydrogen (secondary N) is 1. The van der Waals surface area contributed by atoms with Crippen molar-refractivity contribution < 1.29 is 18.3 Å². The van der Waals surface area contributed by atoms with Gasteiger partial charge in [0.05, 0.1) is 16.5 Å². The Hall–Kier alpha value is -1.27. The molecular formula is C11H12ClNO4S. The molecule has 2 rings (SSSR count). The first kappa shape index (κ1) is 13.2. The van der Waals surface area contributed by atoms with Gasteiger partial charge in [-0.05, 0) is 37.5 Å². The molecular weight excluding hydrogens is 278 g/mol. The molecule has 0 atom stereocenters. The molecule has 0 aromatic heterocycles. The van der Waals surface area contributed by atoms with Gasteiger partial charge in [0.1, 0.15) is 0 Å². The van der Waals surface area contributed by atoms with E-state index in [1.165, 1.54) is 12.1 Å². The molecule has 0 unspecified atom stereocenters. The third kappa shape index (κ3) is 2.59. The molecule has 0 saturated heterocycles. The lowest BCUT2D eigenvalue weighted by molar-refractivity contribution is 0.0698. The fraction of sp³-hybridized carbons (Fsp3) is 0.364. The number of carboxylic acid groups (broad SMARTS) is 1. The van der Waals surface area contributed by atoms with Crippen molar-refractivity contribution >= 4 is 33.3 Å². The highest BCUT2D eigenvalue weighted by atomic mass is 35.5. The van der Waals surface area contributed by atoms with Crippen LogP contribution in [0.4, 0.5) is 5.69 Å². The van der Waals surface area contributed by atoms with Crippen LogP contribution in [-0.2, 0) is 10.0 Å². The highest BCUT2D eigenvalue weighted by Gasteiger charge is 2.36. The van der Waals surface area contributed by atoms with E-state index >= 15 is 0 Å². The lowest BCUT2D eigenvalue weighted by atomic mass is 10.1. The van der Waals surface area contributed by atoms with Crippen LogP contribution >= 0.6 is 11.6 Å². The van der Waals surface area contributed by atoms with Crippen molar-refractivity contribution in [1.82, 2.24) is 0 Å². The molecule has 0 amide bonds. The van der Waals surface area contributed by atoms with E-state index in [-0.39, 0.29) is 16.3 Å². The Bertz CT molecular complexity index is 608. The first-order chi connectivity index (χ1) is 8.31. The fourth-order valence-electron chi connectivity index (χ4n) is 1.65. The Morgan fingerprint density at radius 2 is 2.06 bits per heavy atom. The van der Waals surface area contributed by atoms with E-state index in [4.69, 9.17) is 16.7 Å². The lowest BCUT2D eigenvalue weighted by Crippen LogP contribution is -2.20. The molecule has 0 aliphatic heterocycles. The Morgan fingerprint density at radius 1 is 1.44 bits per heavy atom. The number of aromatic carboxylic acids is 1. The van der Waals surface area contributed by atoms with Crippen LogP contribution in [0.25, 0.3) is 0 Å². The summed E-state index contributed by atoms with van der Waals surface area (Å²) < 4.78 is 26.0. The fourth-order valence-corrected chi connectivity index (χ4v) is 3.40. The van der Waals surface area contributed by atoms with E-state index in [1.54, 1.807) is 6.92 Å². The predicted octanol–water partition coefficient (Wildman–Crippen LogP) is 2.25. The number of sulfonamides is 1. The Kier molecular flexibility index (Phi) is 3.25. The van der Waals surface area contributed by atoms with E-state index in [1.807, 2.05) is 0 Å². The van der Waals surface area contributed by atoms with E-state index in [0.717, 1.165) is 0 Å². The van der Waals surface area contributed by atoms with Crippen LogP contribution in [0.2, 0.25) is 5.02 Å². The number of rotatable bonds is 4. The van der Waals surface area contributed by atoms with Crippen LogP contribution in [-0.4, -0.2) is 24.7 Å². The van der Waals surface area contributed by atoms with Crippen LogP contribution in [0.15, 0.2) is 12.1 Å². The average Bonchev–Trinajstić information content (AvgIpc) is 3.04. The molecule has 5 nitrogen and oxygen atoms in total. The number of anilines is 1. The molecule has 1 fully saturated rings. The first-order valence-corrected chi connectivity index (χ1v) is 7.29. The van der Waals surface area contributed by atoms with Crippen molar-refractivity contribution in [3.05, 3.63) is 28.3 Å². The first-order valence-electron chi connectivity index (χ1n) is 5.36. The van der Waals surface area contributed by atoms with E-state index in [9.17, 15) is 13.2 Å².